The second-order valence-corrected chi connectivity index (χ2v) is 6.40. The average Bonchev–Trinajstić information content (AvgIpc) is 2.63. The molecule has 1 aliphatic rings. The standard InChI is InChI=1S/C20H25N3O/c1-22-12-14-23(15-13-22)16-19(24)21-20(17-8-4-2-5-9-17)18-10-6-3-7-11-18/h2-11,20H,12-16H2,1H3,(H,21,24). The lowest BCUT2D eigenvalue weighted by molar-refractivity contribution is -0.123. The van der Waals surface area contributed by atoms with Gasteiger partial charge in [0.15, 0.2) is 0 Å². The van der Waals surface area contributed by atoms with E-state index in [1.54, 1.807) is 0 Å². The second kappa shape index (κ2) is 8.08. The molecule has 1 aliphatic heterocycles. The average molecular weight is 323 g/mol. The molecule has 3 rings (SSSR count). The van der Waals surface area contributed by atoms with Crippen LogP contribution in [0.3, 0.4) is 0 Å². The number of rotatable bonds is 5. The molecular weight excluding hydrogens is 298 g/mol. The van der Waals surface area contributed by atoms with Gasteiger partial charge in [0.2, 0.25) is 5.91 Å². The Hall–Kier alpha value is -2.17. The molecule has 0 atom stereocenters. The van der Waals surface area contributed by atoms with Crippen molar-refractivity contribution in [3.63, 3.8) is 0 Å². The van der Waals surface area contributed by atoms with Crippen LogP contribution >= 0.6 is 0 Å². The number of piperazine rings is 1. The maximum atomic E-state index is 12.6. The Morgan fingerprint density at radius 2 is 1.42 bits per heavy atom. The molecule has 0 radical (unpaired) electrons. The zero-order chi connectivity index (χ0) is 16.8. The van der Waals surface area contributed by atoms with Crippen molar-refractivity contribution in [3.8, 4) is 0 Å². The van der Waals surface area contributed by atoms with Crippen LogP contribution in [0.5, 0.6) is 0 Å². The number of nitrogens with zero attached hydrogens (tertiary/aromatic N) is 2. The van der Waals surface area contributed by atoms with Gasteiger partial charge in [-0.2, -0.15) is 0 Å². The van der Waals surface area contributed by atoms with Crippen LogP contribution in [-0.4, -0.2) is 55.5 Å². The number of amides is 1. The molecule has 1 fully saturated rings. The SMILES string of the molecule is CN1CCN(CC(=O)NC(c2ccccc2)c2ccccc2)CC1. The first kappa shape index (κ1) is 16.7. The fourth-order valence-corrected chi connectivity index (χ4v) is 3.07. The van der Waals surface area contributed by atoms with Crippen molar-refractivity contribution in [2.24, 2.45) is 0 Å². The molecule has 0 aliphatic carbocycles. The molecule has 4 heteroatoms. The molecule has 2 aromatic carbocycles. The molecule has 4 nitrogen and oxygen atoms in total. The van der Waals surface area contributed by atoms with Gasteiger partial charge in [0, 0.05) is 26.2 Å². The van der Waals surface area contributed by atoms with Crippen molar-refractivity contribution in [1.29, 1.82) is 0 Å². The minimum absolute atomic E-state index is 0.0808. The zero-order valence-electron chi connectivity index (χ0n) is 14.2. The molecular formula is C20H25N3O. The first-order valence-corrected chi connectivity index (χ1v) is 8.52. The van der Waals surface area contributed by atoms with E-state index in [1.807, 2.05) is 36.4 Å². The summed E-state index contributed by atoms with van der Waals surface area (Å²) < 4.78 is 0. The third-order valence-electron chi connectivity index (χ3n) is 4.53. The summed E-state index contributed by atoms with van der Waals surface area (Å²) in [6.45, 7) is 4.41. The van der Waals surface area contributed by atoms with Crippen molar-refractivity contribution in [2.45, 2.75) is 6.04 Å². The Morgan fingerprint density at radius 3 is 1.92 bits per heavy atom. The highest BCUT2D eigenvalue weighted by Gasteiger charge is 2.20. The first-order chi connectivity index (χ1) is 11.7. The van der Waals surface area contributed by atoms with Gasteiger partial charge in [-0.05, 0) is 18.2 Å². The molecule has 1 saturated heterocycles. The van der Waals surface area contributed by atoms with E-state index >= 15 is 0 Å². The number of carbonyl (C=O) groups excluding carboxylic acids is 1. The molecule has 1 heterocycles. The number of nitrogens with one attached hydrogen (secondary N) is 1. The summed E-state index contributed by atoms with van der Waals surface area (Å²) in [6.07, 6.45) is 0. The minimum Gasteiger partial charge on any atom is -0.344 e. The predicted octanol–water partition coefficient (Wildman–Crippen LogP) is 2.14. The van der Waals surface area contributed by atoms with Crippen LogP contribution < -0.4 is 5.32 Å². The largest absolute Gasteiger partial charge is 0.344 e. The molecule has 0 spiro atoms. The van der Waals surface area contributed by atoms with Crippen molar-refractivity contribution in [1.82, 2.24) is 15.1 Å². The lowest BCUT2D eigenvalue weighted by atomic mass is 9.99. The summed E-state index contributed by atoms with van der Waals surface area (Å²) in [6, 6.07) is 20.2. The first-order valence-electron chi connectivity index (χ1n) is 8.52. The minimum atomic E-state index is -0.104. The maximum absolute atomic E-state index is 12.6. The van der Waals surface area contributed by atoms with E-state index in [-0.39, 0.29) is 11.9 Å². The smallest absolute Gasteiger partial charge is 0.234 e. The Morgan fingerprint density at radius 1 is 0.917 bits per heavy atom. The normalized spacial score (nSPS) is 16.2. The number of hydrogen-bond donors (Lipinski definition) is 1. The topological polar surface area (TPSA) is 35.6 Å². The predicted molar refractivity (Wildman–Crippen MR) is 96.8 cm³/mol. The van der Waals surface area contributed by atoms with Gasteiger partial charge in [-0.3, -0.25) is 9.69 Å². The van der Waals surface area contributed by atoms with Crippen LogP contribution in [0.25, 0.3) is 0 Å². The summed E-state index contributed by atoms with van der Waals surface area (Å²) in [5, 5.41) is 3.21. The van der Waals surface area contributed by atoms with Gasteiger partial charge in [-0.15, -0.1) is 0 Å². The molecule has 0 bridgehead atoms. The van der Waals surface area contributed by atoms with Gasteiger partial charge in [0.1, 0.15) is 0 Å². The summed E-state index contributed by atoms with van der Waals surface area (Å²) in [7, 11) is 2.12. The van der Waals surface area contributed by atoms with Gasteiger partial charge in [0.05, 0.1) is 12.6 Å². The summed E-state index contributed by atoms with van der Waals surface area (Å²) >= 11 is 0. The van der Waals surface area contributed by atoms with Gasteiger partial charge in [-0.1, -0.05) is 60.7 Å². The number of carbonyl (C=O) groups is 1. The Bertz CT molecular complexity index is 597. The quantitative estimate of drug-likeness (QED) is 0.916. The third-order valence-corrected chi connectivity index (χ3v) is 4.53. The van der Waals surface area contributed by atoms with E-state index < -0.39 is 0 Å². The van der Waals surface area contributed by atoms with E-state index in [2.05, 4.69) is 46.4 Å². The Balaban J connectivity index is 1.69. The van der Waals surface area contributed by atoms with Gasteiger partial charge < -0.3 is 10.2 Å². The highest BCUT2D eigenvalue weighted by molar-refractivity contribution is 5.79. The van der Waals surface area contributed by atoms with E-state index in [9.17, 15) is 4.79 Å². The van der Waals surface area contributed by atoms with Crippen LogP contribution in [0.15, 0.2) is 60.7 Å². The summed E-state index contributed by atoms with van der Waals surface area (Å²) in [5.41, 5.74) is 2.21. The second-order valence-electron chi connectivity index (χ2n) is 6.40. The molecule has 0 aromatic heterocycles. The summed E-state index contributed by atoms with van der Waals surface area (Å²) in [5.74, 6) is 0.0808. The van der Waals surface area contributed by atoms with Crippen LogP contribution in [0, 0.1) is 0 Å². The van der Waals surface area contributed by atoms with E-state index in [1.165, 1.54) is 0 Å². The molecule has 126 valence electrons. The fraction of sp³-hybridized carbons (Fsp3) is 0.350. The fourth-order valence-electron chi connectivity index (χ4n) is 3.07. The number of hydrogen-bond acceptors (Lipinski definition) is 3. The molecule has 0 unspecified atom stereocenters. The van der Waals surface area contributed by atoms with Crippen LogP contribution in [0.1, 0.15) is 17.2 Å². The van der Waals surface area contributed by atoms with Crippen molar-refractivity contribution >= 4 is 5.91 Å². The van der Waals surface area contributed by atoms with Gasteiger partial charge >= 0.3 is 0 Å². The van der Waals surface area contributed by atoms with Gasteiger partial charge in [-0.25, -0.2) is 0 Å². The summed E-state index contributed by atoms with van der Waals surface area (Å²) in [4.78, 5) is 17.1. The lowest BCUT2D eigenvalue weighted by Crippen LogP contribution is -2.48. The highest BCUT2D eigenvalue weighted by Crippen LogP contribution is 2.21. The zero-order valence-corrected chi connectivity index (χ0v) is 14.2. The maximum Gasteiger partial charge on any atom is 0.234 e. The van der Waals surface area contributed by atoms with Crippen LogP contribution in [-0.2, 0) is 4.79 Å². The Kier molecular flexibility index (Phi) is 5.62. The molecule has 0 saturated carbocycles. The molecule has 1 N–H and O–H groups in total. The third kappa shape index (κ3) is 4.43. The van der Waals surface area contributed by atoms with Crippen LogP contribution in [0.2, 0.25) is 0 Å². The lowest BCUT2D eigenvalue weighted by Gasteiger charge is -2.32. The number of benzene rings is 2. The molecule has 24 heavy (non-hydrogen) atoms. The Labute approximate surface area is 144 Å². The van der Waals surface area contributed by atoms with Crippen molar-refractivity contribution in [2.75, 3.05) is 39.8 Å². The van der Waals surface area contributed by atoms with Crippen molar-refractivity contribution < 1.29 is 4.79 Å². The monoisotopic (exact) mass is 323 g/mol. The van der Waals surface area contributed by atoms with Crippen molar-refractivity contribution in [3.05, 3.63) is 71.8 Å². The number of likely N-dealkylation sites (N-methyl/N-ethyl adjacent to an activating group) is 1. The molecule has 2 aromatic rings. The van der Waals surface area contributed by atoms with E-state index in [0.717, 1.165) is 37.3 Å². The van der Waals surface area contributed by atoms with Crippen LogP contribution in [0.4, 0.5) is 0 Å². The van der Waals surface area contributed by atoms with E-state index in [0.29, 0.717) is 6.54 Å². The highest BCUT2D eigenvalue weighted by atomic mass is 16.2. The molecule has 1 amide bonds. The van der Waals surface area contributed by atoms with Gasteiger partial charge in [0.25, 0.3) is 0 Å². The van der Waals surface area contributed by atoms with E-state index in [4.69, 9.17) is 0 Å².